The number of para-hydroxylation sites is 1. The summed E-state index contributed by atoms with van der Waals surface area (Å²) in [6, 6.07) is 19.0. The maximum Gasteiger partial charge on any atom is 0.342 e. The molecule has 3 aromatic rings. The molecule has 0 amide bonds. The largest absolute Gasteiger partial charge is 0.497 e. The number of ether oxygens (including phenoxy) is 3. The molecule has 0 unspecified atom stereocenters. The van der Waals surface area contributed by atoms with Crippen molar-refractivity contribution < 1.29 is 28.2 Å². The minimum absolute atomic E-state index is 0.162. The van der Waals surface area contributed by atoms with E-state index in [1.165, 1.54) is 19.2 Å². The first-order valence-electron chi connectivity index (χ1n) is 8.87. The number of benzene rings is 3. The van der Waals surface area contributed by atoms with Crippen molar-refractivity contribution in [3.05, 3.63) is 95.3 Å². The third-order valence-electron chi connectivity index (χ3n) is 4.16. The summed E-state index contributed by atoms with van der Waals surface area (Å²) < 4.78 is 28.9. The molecule has 0 N–H and O–H groups in total. The van der Waals surface area contributed by atoms with Gasteiger partial charge in [0.15, 0.2) is 12.4 Å². The number of Topliss-reactive ketones (excluding diaryl/α,β-unsaturated/α-hetero) is 1. The summed E-state index contributed by atoms with van der Waals surface area (Å²) in [4.78, 5) is 24.7. The predicted molar refractivity (Wildman–Crippen MR) is 105 cm³/mol. The number of esters is 1. The van der Waals surface area contributed by atoms with E-state index >= 15 is 0 Å². The molecule has 0 fully saturated rings. The van der Waals surface area contributed by atoms with Crippen LogP contribution < -0.4 is 9.47 Å². The summed E-state index contributed by atoms with van der Waals surface area (Å²) in [7, 11) is 1.54. The van der Waals surface area contributed by atoms with Gasteiger partial charge in [-0.15, -0.1) is 0 Å². The lowest BCUT2D eigenvalue weighted by Gasteiger charge is -2.11. The van der Waals surface area contributed by atoms with Gasteiger partial charge in [-0.1, -0.05) is 24.3 Å². The second-order valence-electron chi connectivity index (χ2n) is 6.14. The third-order valence-corrected chi connectivity index (χ3v) is 4.16. The summed E-state index contributed by atoms with van der Waals surface area (Å²) in [5.41, 5.74) is 1.38. The van der Waals surface area contributed by atoms with E-state index in [9.17, 15) is 14.0 Å². The molecule has 0 saturated heterocycles. The van der Waals surface area contributed by atoms with Gasteiger partial charge in [-0.3, -0.25) is 4.79 Å². The number of carbonyl (C=O) groups is 2. The van der Waals surface area contributed by atoms with E-state index in [0.29, 0.717) is 17.1 Å². The zero-order valence-corrected chi connectivity index (χ0v) is 15.8. The van der Waals surface area contributed by atoms with Crippen LogP contribution in [0.2, 0.25) is 0 Å². The van der Waals surface area contributed by atoms with Crippen molar-refractivity contribution in [1.82, 2.24) is 0 Å². The van der Waals surface area contributed by atoms with Crippen molar-refractivity contribution in [3.63, 3.8) is 0 Å². The Morgan fingerprint density at radius 2 is 1.59 bits per heavy atom. The highest BCUT2D eigenvalue weighted by Crippen LogP contribution is 2.21. The number of carbonyl (C=O) groups excluding carboxylic acids is 2. The highest BCUT2D eigenvalue weighted by atomic mass is 19.1. The van der Waals surface area contributed by atoms with Crippen LogP contribution in [-0.2, 0) is 11.3 Å². The molecule has 0 radical (unpaired) electrons. The Labute approximate surface area is 167 Å². The van der Waals surface area contributed by atoms with Crippen LogP contribution in [0.15, 0.2) is 72.8 Å². The molecular formula is C23H19FO5. The molecular weight excluding hydrogens is 375 g/mol. The Kier molecular flexibility index (Phi) is 6.58. The Bertz CT molecular complexity index is 981. The lowest BCUT2D eigenvalue weighted by Crippen LogP contribution is -2.15. The van der Waals surface area contributed by atoms with E-state index in [-0.39, 0.29) is 23.8 Å². The fourth-order valence-electron chi connectivity index (χ4n) is 2.57. The molecule has 0 aromatic heterocycles. The molecule has 0 aliphatic rings. The van der Waals surface area contributed by atoms with Gasteiger partial charge in [-0.25, -0.2) is 9.18 Å². The van der Waals surface area contributed by atoms with Crippen molar-refractivity contribution in [3.8, 4) is 11.5 Å². The third kappa shape index (κ3) is 5.42. The van der Waals surface area contributed by atoms with Crippen LogP contribution in [0.25, 0.3) is 0 Å². The summed E-state index contributed by atoms with van der Waals surface area (Å²) in [5, 5.41) is 0. The lowest BCUT2D eigenvalue weighted by molar-refractivity contribution is 0.0470. The number of hydrogen-bond donors (Lipinski definition) is 0. The normalized spacial score (nSPS) is 10.3. The lowest BCUT2D eigenvalue weighted by atomic mass is 10.1. The fourth-order valence-corrected chi connectivity index (χ4v) is 2.57. The van der Waals surface area contributed by atoms with Crippen LogP contribution in [-0.4, -0.2) is 25.5 Å². The second kappa shape index (κ2) is 9.50. The van der Waals surface area contributed by atoms with Crippen molar-refractivity contribution >= 4 is 11.8 Å². The van der Waals surface area contributed by atoms with Crippen molar-refractivity contribution in [2.75, 3.05) is 13.7 Å². The van der Waals surface area contributed by atoms with E-state index in [1.54, 1.807) is 60.7 Å². The molecule has 0 aliphatic carbocycles. The number of ketones is 1. The molecule has 0 saturated carbocycles. The first-order valence-corrected chi connectivity index (χ1v) is 8.87. The molecule has 0 spiro atoms. The van der Waals surface area contributed by atoms with Gasteiger partial charge in [0.1, 0.15) is 29.5 Å². The molecule has 0 atom stereocenters. The van der Waals surface area contributed by atoms with Crippen molar-refractivity contribution in [1.29, 1.82) is 0 Å². The average molecular weight is 394 g/mol. The van der Waals surface area contributed by atoms with E-state index < -0.39 is 12.6 Å². The molecule has 5 nitrogen and oxygen atoms in total. The van der Waals surface area contributed by atoms with E-state index in [0.717, 1.165) is 5.56 Å². The zero-order valence-electron chi connectivity index (χ0n) is 15.8. The SMILES string of the molecule is COc1ccc(C(=O)COC(=O)c2ccccc2OCc2ccc(F)cc2)cc1. The van der Waals surface area contributed by atoms with Gasteiger partial charge in [-0.2, -0.15) is 0 Å². The zero-order chi connectivity index (χ0) is 20.6. The highest BCUT2D eigenvalue weighted by molar-refractivity contribution is 6.00. The van der Waals surface area contributed by atoms with Gasteiger partial charge >= 0.3 is 5.97 Å². The molecule has 29 heavy (non-hydrogen) atoms. The Balaban J connectivity index is 1.61. The number of rotatable bonds is 8. The number of methoxy groups -OCH3 is 1. The first kappa shape index (κ1) is 20.1. The smallest absolute Gasteiger partial charge is 0.342 e. The summed E-state index contributed by atoms with van der Waals surface area (Å²) in [6.07, 6.45) is 0. The van der Waals surface area contributed by atoms with Gasteiger partial charge in [0.2, 0.25) is 0 Å². The molecule has 3 aromatic carbocycles. The van der Waals surface area contributed by atoms with Gasteiger partial charge in [0.25, 0.3) is 0 Å². The quantitative estimate of drug-likeness (QED) is 0.417. The summed E-state index contributed by atoms with van der Waals surface area (Å²) in [6.45, 7) is -0.229. The van der Waals surface area contributed by atoms with E-state index in [2.05, 4.69) is 0 Å². The number of hydrogen-bond acceptors (Lipinski definition) is 5. The minimum atomic E-state index is -0.665. The van der Waals surface area contributed by atoms with Crippen molar-refractivity contribution in [2.45, 2.75) is 6.61 Å². The Morgan fingerprint density at radius 1 is 0.897 bits per heavy atom. The Morgan fingerprint density at radius 3 is 2.28 bits per heavy atom. The van der Waals surface area contributed by atoms with Gasteiger partial charge in [0.05, 0.1) is 7.11 Å². The fraction of sp³-hybridized carbons (Fsp3) is 0.130. The van der Waals surface area contributed by atoms with E-state index in [4.69, 9.17) is 14.2 Å². The first-order chi connectivity index (χ1) is 14.1. The van der Waals surface area contributed by atoms with Gasteiger partial charge in [0, 0.05) is 5.56 Å². The van der Waals surface area contributed by atoms with Crippen LogP contribution in [0.5, 0.6) is 11.5 Å². The average Bonchev–Trinajstić information content (AvgIpc) is 2.77. The van der Waals surface area contributed by atoms with Crippen LogP contribution in [0.3, 0.4) is 0 Å². The molecule has 0 bridgehead atoms. The highest BCUT2D eigenvalue weighted by Gasteiger charge is 2.16. The molecule has 148 valence electrons. The van der Waals surface area contributed by atoms with Crippen molar-refractivity contribution in [2.24, 2.45) is 0 Å². The summed E-state index contributed by atoms with van der Waals surface area (Å²) in [5.74, 6) is -0.379. The maximum absolute atomic E-state index is 13.0. The topological polar surface area (TPSA) is 61.8 Å². The minimum Gasteiger partial charge on any atom is -0.497 e. The van der Waals surface area contributed by atoms with Crippen LogP contribution >= 0.6 is 0 Å². The van der Waals surface area contributed by atoms with Gasteiger partial charge < -0.3 is 14.2 Å². The monoisotopic (exact) mass is 394 g/mol. The van der Waals surface area contributed by atoms with Crippen LogP contribution in [0, 0.1) is 5.82 Å². The maximum atomic E-state index is 13.0. The molecule has 6 heteroatoms. The predicted octanol–water partition coefficient (Wildman–Crippen LogP) is 4.45. The summed E-state index contributed by atoms with van der Waals surface area (Å²) >= 11 is 0. The second-order valence-corrected chi connectivity index (χ2v) is 6.14. The number of halogens is 1. The molecule has 0 aliphatic heterocycles. The van der Waals surface area contributed by atoms with Crippen LogP contribution in [0.4, 0.5) is 4.39 Å². The molecule has 0 heterocycles. The Hall–Kier alpha value is -3.67. The van der Waals surface area contributed by atoms with Gasteiger partial charge in [-0.05, 0) is 54.1 Å². The molecule has 3 rings (SSSR count). The van der Waals surface area contributed by atoms with E-state index in [1.807, 2.05) is 0 Å². The van der Waals surface area contributed by atoms with Crippen LogP contribution in [0.1, 0.15) is 26.3 Å². The standard InChI is InChI=1S/C23H19FO5/c1-27-19-12-8-17(9-13-19)21(25)15-29-23(26)20-4-2-3-5-22(20)28-14-16-6-10-18(24)11-7-16/h2-13H,14-15H2,1H3.